The number of halogens is 1. The van der Waals surface area contributed by atoms with E-state index in [1.54, 1.807) is 24.3 Å². The molecule has 0 aliphatic heterocycles. The Morgan fingerprint density at radius 1 is 1.24 bits per heavy atom. The molecular weight excluding hydrogens is 286 g/mol. The summed E-state index contributed by atoms with van der Waals surface area (Å²) in [5.74, 6) is 0.0252. The minimum atomic E-state index is -0.501. The summed E-state index contributed by atoms with van der Waals surface area (Å²) in [6.45, 7) is 0. The number of aromatic amines is 1. The number of hydrogen-bond donors (Lipinski definition) is 2. The summed E-state index contributed by atoms with van der Waals surface area (Å²) < 4.78 is 0.895. The van der Waals surface area contributed by atoms with Gasteiger partial charge in [-0.25, -0.2) is 9.78 Å². The highest BCUT2D eigenvalue weighted by Gasteiger charge is 2.05. The Bertz CT molecular complexity index is 592. The number of amides is 1. The molecule has 5 nitrogen and oxygen atoms in total. The van der Waals surface area contributed by atoms with Crippen LogP contribution in [0.1, 0.15) is 10.4 Å². The van der Waals surface area contributed by atoms with Gasteiger partial charge in [0.15, 0.2) is 0 Å². The van der Waals surface area contributed by atoms with Crippen molar-refractivity contribution in [1.29, 1.82) is 0 Å². The van der Waals surface area contributed by atoms with Gasteiger partial charge in [0.05, 0.1) is 0 Å². The van der Waals surface area contributed by atoms with Crippen LogP contribution >= 0.6 is 15.9 Å². The van der Waals surface area contributed by atoms with Gasteiger partial charge in [-0.2, -0.15) is 0 Å². The zero-order valence-corrected chi connectivity index (χ0v) is 10.2. The van der Waals surface area contributed by atoms with E-state index in [-0.39, 0.29) is 5.91 Å². The van der Waals surface area contributed by atoms with E-state index in [2.05, 4.69) is 31.2 Å². The summed E-state index contributed by atoms with van der Waals surface area (Å²) in [6, 6.07) is 8.41. The molecule has 1 aromatic carbocycles. The van der Waals surface area contributed by atoms with Gasteiger partial charge in [0, 0.05) is 16.2 Å². The van der Waals surface area contributed by atoms with Crippen LogP contribution in [0, 0.1) is 0 Å². The second-order valence-corrected chi connectivity index (χ2v) is 4.17. The molecule has 1 amide bonds. The highest BCUT2D eigenvalue weighted by molar-refractivity contribution is 9.10. The molecule has 0 unspecified atom stereocenters. The number of H-pyrrole nitrogens is 1. The van der Waals surface area contributed by atoms with E-state index in [9.17, 15) is 9.59 Å². The zero-order valence-electron chi connectivity index (χ0n) is 8.61. The van der Waals surface area contributed by atoms with Crippen LogP contribution in [0.4, 0.5) is 5.82 Å². The van der Waals surface area contributed by atoms with E-state index in [0.29, 0.717) is 11.4 Å². The predicted molar refractivity (Wildman–Crippen MR) is 67.0 cm³/mol. The number of rotatable bonds is 2. The molecule has 0 fully saturated rings. The fourth-order valence-corrected chi connectivity index (χ4v) is 1.50. The Kier molecular flexibility index (Phi) is 3.34. The van der Waals surface area contributed by atoms with Crippen molar-refractivity contribution in [2.45, 2.75) is 0 Å². The second-order valence-electron chi connectivity index (χ2n) is 3.25. The minimum absolute atomic E-state index is 0.292. The molecule has 0 saturated carbocycles. The van der Waals surface area contributed by atoms with Crippen LogP contribution in [-0.4, -0.2) is 15.9 Å². The Balaban J connectivity index is 2.17. The van der Waals surface area contributed by atoms with Crippen LogP contribution in [0.25, 0.3) is 0 Å². The molecule has 6 heteroatoms. The van der Waals surface area contributed by atoms with Gasteiger partial charge >= 0.3 is 5.69 Å². The fourth-order valence-electron chi connectivity index (χ4n) is 1.24. The quantitative estimate of drug-likeness (QED) is 0.886. The lowest BCUT2D eigenvalue weighted by molar-refractivity contribution is 0.102. The largest absolute Gasteiger partial charge is 0.346 e. The Labute approximate surface area is 105 Å². The topological polar surface area (TPSA) is 74.8 Å². The van der Waals surface area contributed by atoms with Gasteiger partial charge in [-0.15, -0.1) is 0 Å². The lowest BCUT2D eigenvalue weighted by Gasteiger charge is -2.04. The maximum absolute atomic E-state index is 11.8. The van der Waals surface area contributed by atoms with E-state index >= 15 is 0 Å². The minimum Gasteiger partial charge on any atom is -0.308 e. The summed E-state index contributed by atoms with van der Waals surface area (Å²) in [6.07, 6.45) is 1.33. The summed E-state index contributed by atoms with van der Waals surface area (Å²) in [7, 11) is 0. The molecule has 86 valence electrons. The lowest BCUT2D eigenvalue weighted by Crippen LogP contribution is -2.17. The molecular formula is C11H8BrN3O2. The highest BCUT2D eigenvalue weighted by Crippen LogP contribution is 2.11. The number of anilines is 1. The number of nitrogens with zero attached hydrogens (tertiary/aromatic N) is 1. The number of carbonyl (C=O) groups excluding carboxylic acids is 1. The Hall–Kier alpha value is -1.95. The van der Waals surface area contributed by atoms with Crippen LogP contribution in [0.2, 0.25) is 0 Å². The van der Waals surface area contributed by atoms with E-state index in [0.717, 1.165) is 4.47 Å². The summed E-state index contributed by atoms with van der Waals surface area (Å²) in [5, 5.41) is 2.57. The first-order chi connectivity index (χ1) is 8.15. The molecule has 1 heterocycles. The molecule has 0 radical (unpaired) electrons. The first kappa shape index (κ1) is 11.5. The molecule has 0 aliphatic rings. The maximum Gasteiger partial charge on any atom is 0.346 e. The number of nitrogens with one attached hydrogen (secondary N) is 2. The standard InChI is InChI=1S/C11H8BrN3O2/c12-8-3-1-7(2-4-8)10(16)14-9-5-6-13-11(17)15-9/h1-6H,(H2,13,14,15,16,17). The van der Waals surface area contributed by atoms with Crippen molar-refractivity contribution in [2.24, 2.45) is 0 Å². The molecule has 0 bridgehead atoms. The maximum atomic E-state index is 11.8. The fraction of sp³-hybridized carbons (Fsp3) is 0. The van der Waals surface area contributed by atoms with E-state index < -0.39 is 5.69 Å². The van der Waals surface area contributed by atoms with Crippen LogP contribution in [-0.2, 0) is 0 Å². The van der Waals surface area contributed by atoms with Gasteiger partial charge < -0.3 is 5.32 Å². The highest BCUT2D eigenvalue weighted by atomic mass is 79.9. The first-order valence-electron chi connectivity index (χ1n) is 4.77. The molecule has 1 aromatic heterocycles. The molecule has 2 aromatic rings. The second kappa shape index (κ2) is 4.92. The number of hydrogen-bond acceptors (Lipinski definition) is 3. The summed E-state index contributed by atoms with van der Waals surface area (Å²) >= 11 is 3.28. The van der Waals surface area contributed by atoms with Crippen molar-refractivity contribution >= 4 is 27.7 Å². The van der Waals surface area contributed by atoms with Crippen molar-refractivity contribution < 1.29 is 4.79 Å². The molecule has 2 rings (SSSR count). The molecule has 0 atom stereocenters. The predicted octanol–water partition coefficient (Wildman–Crippen LogP) is 1.78. The SMILES string of the molecule is O=C(Nc1ccnc(=O)[nH]1)c1ccc(Br)cc1. The molecule has 0 spiro atoms. The third kappa shape index (κ3) is 3.01. The average Bonchev–Trinajstić information content (AvgIpc) is 2.29. The van der Waals surface area contributed by atoms with Crippen LogP contribution in [0.15, 0.2) is 45.8 Å². The van der Waals surface area contributed by atoms with Crippen molar-refractivity contribution in [3.05, 3.63) is 57.0 Å². The van der Waals surface area contributed by atoms with Gasteiger partial charge in [-0.3, -0.25) is 9.78 Å². The third-order valence-corrected chi connectivity index (χ3v) is 2.56. The lowest BCUT2D eigenvalue weighted by atomic mass is 10.2. The van der Waals surface area contributed by atoms with E-state index in [1.807, 2.05) is 0 Å². The van der Waals surface area contributed by atoms with Crippen LogP contribution in [0.5, 0.6) is 0 Å². The van der Waals surface area contributed by atoms with Gasteiger partial charge in [-0.05, 0) is 30.3 Å². The average molecular weight is 294 g/mol. The van der Waals surface area contributed by atoms with Crippen molar-refractivity contribution in [1.82, 2.24) is 9.97 Å². The Morgan fingerprint density at radius 2 is 1.94 bits per heavy atom. The van der Waals surface area contributed by atoms with Gasteiger partial charge in [0.25, 0.3) is 5.91 Å². The zero-order chi connectivity index (χ0) is 12.3. The van der Waals surface area contributed by atoms with Crippen molar-refractivity contribution in [3.63, 3.8) is 0 Å². The molecule has 2 N–H and O–H groups in total. The molecule has 0 saturated heterocycles. The van der Waals surface area contributed by atoms with Crippen LogP contribution in [0.3, 0.4) is 0 Å². The molecule has 17 heavy (non-hydrogen) atoms. The third-order valence-electron chi connectivity index (χ3n) is 2.03. The summed E-state index contributed by atoms with van der Waals surface area (Å²) in [5.41, 5.74) is 0.00414. The van der Waals surface area contributed by atoms with Crippen molar-refractivity contribution in [2.75, 3.05) is 5.32 Å². The summed E-state index contributed by atoms with van der Waals surface area (Å²) in [4.78, 5) is 28.6. The van der Waals surface area contributed by atoms with E-state index in [4.69, 9.17) is 0 Å². The van der Waals surface area contributed by atoms with Gasteiger partial charge in [-0.1, -0.05) is 15.9 Å². The van der Waals surface area contributed by atoms with Gasteiger partial charge in [0.1, 0.15) is 5.82 Å². The Morgan fingerprint density at radius 3 is 2.59 bits per heavy atom. The molecule has 0 aliphatic carbocycles. The first-order valence-corrected chi connectivity index (χ1v) is 5.57. The van der Waals surface area contributed by atoms with Crippen molar-refractivity contribution in [3.8, 4) is 0 Å². The van der Waals surface area contributed by atoms with Gasteiger partial charge in [0.2, 0.25) is 0 Å². The number of carbonyl (C=O) groups is 1. The smallest absolute Gasteiger partial charge is 0.308 e. The normalized spacial score (nSPS) is 9.94. The number of benzene rings is 1. The monoisotopic (exact) mass is 293 g/mol. The number of aromatic nitrogens is 2. The van der Waals surface area contributed by atoms with Crippen LogP contribution < -0.4 is 11.0 Å². The van der Waals surface area contributed by atoms with E-state index in [1.165, 1.54) is 12.3 Å².